The van der Waals surface area contributed by atoms with E-state index < -0.39 is 0 Å². The monoisotopic (exact) mass is 394 g/mol. The second kappa shape index (κ2) is 9.19. The molecule has 0 fully saturated rings. The van der Waals surface area contributed by atoms with Crippen molar-refractivity contribution in [3.8, 4) is 5.75 Å². The van der Waals surface area contributed by atoms with Crippen molar-refractivity contribution in [3.63, 3.8) is 0 Å². The number of rotatable bonds is 7. The first-order chi connectivity index (χ1) is 13.9. The minimum absolute atomic E-state index is 0.0498. The van der Waals surface area contributed by atoms with Crippen molar-refractivity contribution >= 4 is 5.91 Å². The van der Waals surface area contributed by atoms with Gasteiger partial charge < -0.3 is 14.6 Å². The summed E-state index contributed by atoms with van der Waals surface area (Å²) < 4.78 is 20.3. The Kier molecular flexibility index (Phi) is 6.44. The van der Waals surface area contributed by atoms with Crippen molar-refractivity contribution < 1.29 is 13.9 Å². The molecule has 3 aromatic rings. The van der Waals surface area contributed by atoms with E-state index in [1.165, 1.54) is 18.2 Å². The second-order valence-electron chi connectivity index (χ2n) is 6.95. The van der Waals surface area contributed by atoms with Gasteiger partial charge in [0.1, 0.15) is 19.0 Å². The Labute approximate surface area is 168 Å². The normalized spacial score (nSPS) is 10.6. The van der Waals surface area contributed by atoms with Gasteiger partial charge in [-0.1, -0.05) is 42.0 Å². The molecule has 1 N–H and O–H groups in total. The fourth-order valence-electron chi connectivity index (χ4n) is 2.79. The third-order valence-electron chi connectivity index (χ3n) is 4.54. The highest BCUT2D eigenvalue weighted by Gasteiger charge is 2.09. The van der Waals surface area contributed by atoms with E-state index in [-0.39, 0.29) is 36.1 Å². The Balaban J connectivity index is 1.63. The second-order valence-corrected chi connectivity index (χ2v) is 6.95. The smallest absolute Gasteiger partial charge is 0.240 e. The molecular formula is C23H23FN2O3. The van der Waals surface area contributed by atoms with Gasteiger partial charge in [0, 0.05) is 18.3 Å². The standard InChI is InChI=1S/C23H23FN2O3/c1-16-3-5-19(6-4-16)15-29-22-13-26(17(2)11-21(22)27)14-23(28)25-12-18-7-9-20(24)10-8-18/h3-11,13H,12,14-15H2,1-2H3,(H,25,28). The number of nitrogens with zero attached hydrogens (tertiary/aromatic N) is 1. The Bertz CT molecular complexity index is 1040. The molecule has 1 amide bonds. The maximum Gasteiger partial charge on any atom is 0.240 e. The summed E-state index contributed by atoms with van der Waals surface area (Å²) in [6.07, 6.45) is 1.56. The summed E-state index contributed by atoms with van der Waals surface area (Å²) >= 11 is 0. The largest absolute Gasteiger partial charge is 0.483 e. The summed E-state index contributed by atoms with van der Waals surface area (Å²) in [5.41, 5.74) is 3.35. The predicted molar refractivity (Wildman–Crippen MR) is 109 cm³/mol. The Morgan fingerprint density at radius 3 is 2.38 bits per heavy atom. The number of nitrogens with one attached hydrogen (secondary N) is 1. The molecule has 0 saturated heterocycles. The topological polar surface area (TPSA) is 60.3 Å². The van der Waals surface area contributed by atoms with Gasteiger partial charge >= 0.3 is 0 Å². The summed E-state index contributed by atoms with van der Waals surface area (Å²) in [5, 5.41) is 2.79. The summed E-state index contributed by atoms with van der Waals surface area (Å²) in [7, 11) is 0. The van der Waals surface area contributed by atoms with Crippen LogP contribution in [0.5, 0.6) is 5.75 Å². The number of aromatic nitrogens is 1. The zero-order chi connectivity index (χ0) is 20.8. The molecule has 3 rings (SSSR count). The molecule has 0 aliphatic heterocycles. The average molecular weight is 394 g/mol. The Morgan fingerprint density at radius 1 is 1.03 bits per heavy atom. The van der Waals surface area contributed by atoms with Crippen LogP contribution in [0, 0.1) is 19.7 Å². The first-order valence-corrected chi connectivity index (χ1v) is 9.31. The molecule has 1 heterocycles. The predicted octanol–water partition coefficient (Wildman–Crippen LogP) is 3.50. The number of aryl methyl sites for hydroxylation is 2. The van der Waals surface area contributed by atoms with Gasteiger partial charge in [0.05, 0.1) is 6.20 Å². The van der Waals surface area contributed by atoms with Crippen molar-refractivity contribution in [2.75, 3.05) is 0 Å². The van der Waals surface area contributed by atoms with Crippen molar-refractivity contribution in [3.05, 3.63) is 99.2 Å². The number of carbonyl (C=O) groups excluding carboxylic acids is 1. The molecule has 0 spiro atoms. The van der Waals surface area contributed by atoms with Gasteiger partial charge in [0.2, 0.25) is 11.3 Å². The average Bonchev–Trinajstić information content (AvgIpc) is 2.70. The fraction of sp³-hybridized carbons (Fsp3) is 0.217. The molecule has 0 atom stereocenters. The maximum atomic E-state index is 12.9. The van der Waals surface area contributed by atoms with E-state index in [4.69, 9.17) is 4.74 Å². The molecule has 0 saturated carbocycles. The van der Waals surface area contributed by atoms with E-state index in [9.17, 15) is 14.0 Å². The fourth-order valence-corrected chi connectivity index (χ4v) is 2.79. The first kappa shape index (κ1) is 20.3. The van der Waals surface area contributed by atoms with Gasteiger partial charge in [0.25, 0.3) is 0 Å². The zero-order valence-electron chi connectivity index (χ0n) is 16.4. The van der Waals surface area contributed by atoms with E-state index >= 15 is 0 Å². The lowest BCUT2D eigenvalue weighted by molar-refractivity contribution is -0.121. The molecule has 0 aliphatic carbocycles. The van der Waals surface area contributed by atoms with Crippen molar-refractivity contribution in [1.82, 2.24) is 9.88 Å². The zero-order valence-corrected chi connectivity index (χ0v) is 16.4. The summed E-state index contributed by atoms with van der Waals surface area (Å²) in [4.78, 5) is 24.5. The van der Waals surface area contributed by atoms with Crippen LogP contribution in [0.25, 0.3) is 0 Å². The number of halogens is 1. The van der Waals surface area contributed by atoms with Gasteiger partial charge in [-0.05, 0) is 37.1 Å². The minimum Gasteiger partial charge on any atom is -0.483 e. The van der Waals surface area contributed by atoms with E-state index in [0.29, 0.717) is 12.2 Å². The van der Waals surface area contributed by atoms with Crippen LogP contribution in [0.2, 0.25) is 0 Å². The number of hydrogen-bond acceptors (Lipinski definition) is 3. The lowest BCUT2D eigenvalue weighted by atomic mass is 10.2. The van der Waals surface area contributed by atoms with Crippen LogP contribution < -0.4 is 15.5 Å². The number of carbonyl (C=O) groups is 1. The molecule has 6 heteroatoms. The number of pyridine rings is 1. The van der Waals surface area contributed by atoms with Crippen molar-refractivity contribution in [2.45, 2.75) is 33.5 Å². The Hall–Kier alpha value is -3.41. The molecule has 0 radical (unpaired) electrons. The third kappa shape index (κ3) is 5.78. The van der Waals surface area contributed by atoms with Gasteiger partial charge in [-0.2, -0.15) is 0 Å². The number of benzene rings is 2. The van der Waals surface area contributed by atoms with Crippen LogP contribution in [0.15, 0.2) is 65.6 Å². The van der Waals surface area contributed by atoms with Gasteiger partial charge in [-0.3, -0.25) is 9.59 Å². The van der Waals surface area contributed by atoms with E-state index in [0.717, 1.165) is 16.7 Å². The van der Waals surface area contributed by atoms with Crippen LogP contribution in [-0.4, -0.2) is 10.5 Å². The summed E-state index contributed by atoms with van der Waals surface area (Å²) in [5.74, 6) is -0.338. The van der Waals surface area contributed by atoms with Crippen LogP contribution in [0.3, 0.4) is 0 Å². The molecular weight excluding hydrogens is 371 g/mol. The molecule has 2 aromatic carbocycles. The molecule has 0 bridgehead atoms. The molecule has 150 valence electrons. The van der Waals surface area contributed by atoms with E-state index in [1.807, 2.05) is 31.2 Å². The van der Waals surface area contributed by atoms with Crippen LogP contribution in [0.4, 0.5) is 4.39 Å². The summed E-state index contributed by atoms with van der Waals surface area (Å²) in [6, 6.07) is 15.3. The molecule has 1 aromatic heterocycles. The van der Waals surface area contributed by atoms with Gasteiger partial charge in [-0.15, -0.1) is 0 Å². The minimum atomic E-state index is -0.317. The lowest BCUT2D eigenvalue weighted by Gasteiger charge is -2.13. The molecule has 5 nitrogen and oxygen atoms in total. The third-order valence-corrected chi connectivity index (χ3v) is 4.54. The molecule has 29 heavy (non-hydrogen) atoms. The molecule has 0 unspecified atom stereocenters. The van der Waals surface area contributed by atoms with Crippen LogP contribution in [-0.2, 0) is 24.5 Å². The highest BCUT2D eigenvalue weighted by molar-refractivity contribution is 5.75. The summed E-state index contributed by atoms with van der Waals surface area (Å²) in [6.45, 7) is 4.39. The lowest BCUT2D eigenvalue weighted by Crippen LogP contribution is -2.28. The number of hydrogen-bond donors (Lipinski definition) is 1. The highest BCUT2D eigenvalue weighted by atomic mass is 19.1. The maximum absolute atomic E-state index is 12.9. The van der Waals surface area contributed by atoms with Gasteiger partial charge in [-0.25, -0.2) is 4.39 Å². The van der Waals surface area contributed by atoms with Gasteiger partial charge in [0.15, 0.2) is 5.75 Å². The SMILES string of the molecule is Cc1ccc(COc2cn(CC(=O)NCc3ccc(F)cc3)c(C)cc2=O)cc1. The van der Waals surface area contributed by atoms with Crippen molar-refractivity contribution in [1.29, 1.82) is 0 Å². The van der Waals surface area contributed by atoms with Crippen LogP contribution >= 0.6 is 0 Å². The highest BCUT2D eigenvalue weighted by Crippen LogP contribution is 2.11. The quantitative estimate of drug-likeness (QED) is 0.667. The van der Waals surface area contributed by atoms with E-state index in [2.05, 4.69) is 5.32 Å². The Morgan fingerprint density at radius 2 is 1.69 bits per heavy atom. The van der Waals surface area contributed by atoms with Crippen molar-refractivity contribution in [2.24, 2.45) is 0 Å². The molecule has 0 aliphatic rings. The number of ether oxygens (including phenoxy) is 1. The van der Waals surface area contributed by atoms with Crippen LogP contribution in [0.1, 0.15) is 22.4 Å². The van der Waals surface area contributed by atoms with E-state index in [1.54, 1.807) is 29.8 Å². The first-order valence-electron chi connectivity index (χ1n) is 9.31. The number of amides is 1.